The molecular formula is C16H24N2O2. The number of ether oxygens (including phenoxy) is 1. The van der Waals surface area contributed by atoms with Crippen LogP contribution >= 0.6 is 0 Å². The average molecular weight is 276 g/mol. The van der Waals surface area contributed by atoms with Gasteiger partial charge in [-0.05, 0) is 52.0 Å². The Bertz CT molecular complexity index is 462. The van der Waals surface area contributed by atoms with Gasteiger partial charge < -0.3 is 15.0 Å². The van der Waals surface area contributed by atoms with Crippen molar-refractivity contribution in [3.8, 4) is 5.75 Å². The predicted molar refractivity (Wildman–Crippen MR) is 80.2 cm³/mol. The molecule has 0 saturated carbocycles. The number of nitrogens with one attached hydrogen (secondary N) is 1. The van der Waals surface area contributed by atoms with Crippen LogP contribution in [0.25, 0.3) is 0 Å². The van der Waals surface area contributed by atoms with E-state index in [0.29, 0.717) is 6.04 Å². The van der Waals surface area contributed by atoms with E-state index in [2.05, 4.69) is 12.2 Å². The molecular weight excluding hydrogens is 252 g/mol. The van der Waals surface area contributed by atoms with Crippen LogP contribution in [0.5, 0.6) is 5.75 Å². The summed E-state index contributed by atoms with van der Waals surface area (Å²) in [6.07, 6.45) is 0. The minimum atomic E-state index is -0.223. The molecule has 0 bridgehead atoms. The van der Waals surface area contributed by atoms with Gasteiger partial charge in [0.25, 0.3) is 5.91 Å². The molecule has 1 heterocycles. The number of hydrogen-bond donors (Lipinski definition) is 1. The number of rotatable bonds is 2. The van der Waals surface area contributed by atoms with Gasteiger partial charge in [0.15, 0.2) is 0 Å². The highest BCUT2D eigenvalue weighted by atomic mass is 16.5. The molecule has 20 heavy (non-hydrogen) atoms. The highest BCUT2D eigenvalue weighted by Gasteiger charge is 2.21. The highest BCUT2D eigenvalue weighted by molar-refractivity contribution is 5.94. The topological polar surface area (TPSA) is 41.6 Å². The van der Waals surface area contributed by atoms with E-state index in [1.165, 1.54) is 0 Å². The lowest BCUT2D eigenvalue weighted by atomic mass is 10.1. The van der Waals surface area contributed by atoms with Crippen LogP contribution in [0.1, 0.15) is 38.1 Å². The molecule has 0 unspecified atom stereocenters. The van der Waals surface area contributed by atoms with Crippen LogP contribution in [0.15, 0.2) is 24.3 Å². The van der Waals surface area contributed by atoms with E-state index in [1.54, 1.807) is 0 Å². The van der Waals surface area contributed by atoms with Crippen molar-refractivity contribution >= 4 is 5.91 Å². The maximum atomic E-state index is 12.4. The summed E-state index contributed by atoms with van der Waals surface area (Å²) >= 11 is 0. The normalized spacial score (nSPS) is 19.8. The van der Waals surface area contributed by atoms with Crippen LogP contribution in [0.2, 0.25) is 0 Å². The maximum Gasteiger partial charge on any atom is 0.253 e. The fourth-order valence-corrected chi connectivity index (χ4v) is 2.32. The molecule has 110 valence electrons. The molecule has 1 aromatic rings. The molecule has 0 radical (unpaired) electrons. The van der Waals surface area contributed by atoms with Gasteiger partial charge in [0.2, 0.25) is 0 Å². The first-order valence-corrected chi connectivity index (χ1v) is 7.17. The van der Waals surface area contributed by atoms with Crippen molar-refractivity contribution in [1.29, 1.82) is 0 Å². The van der Waals surface area contributed by atoms with E-state index in [0.717, 1.165) is 30.9 Å². The standard InChI is InChI=1S/C16H24N2O2/c1-12-11-18(10-9-17-12)15(19)13-5-7-14(8-6-13)20-16(2,3)4/h5-8,12,17H,9-11H2,1-4H3/t12-/m1/s1. The van der Waals surface area contributed by atoms with Gasteiger partial charge in [-0.15, -0.1) is 0 Å². The molecule has 1 atom stereocenters. The fraction of sp³-hybridized carbons (Fsp3) is 0.562. The van der Waals surface area contributed by atoms with Gasteiger partial charge in [0, 0.05) is 31.2 Å². The Kier molecular flexibility index (Phi) is 4.33. The van der Waals surface area contributed by atoms with Gasteiger partial charge in [-0.3, -0.25) is 4.79 Å². The minimum Gasteiger partial charge on any atom is -0.488 e. The van der Waals surface area contributed by atoms with E-state index >= 15 is 0 Å². The first kappa shape index (κ1) is 14.9. The summed E-state index contributed by atoms with van der Waals surface area (Å²) in [4.78, 5) is 14.3. The number of hydrogen-bond acceptors (Lipinski definition) is 3. The zero-order chi connectivity index (χ0) is 14.8. The third-order valence-electron chi connectivity index (χ3n) is 3.18. The van der Waals surface area contributed by atoms with Gasteiger partial charge in [0.1, 0.15) is 11.4 Å². The molecule has 0 aliphatic carbocycles. The summed E-state index contributed by atoms with van der Waals surface area (Å²) in [5.74, 6) is 0.892. The zero-order valence-electron chi connectivity index (χ0n) is 12.8. The first-order chi connectivity index (χ1) is 9.35. The summed E-state index contributed by atoms with van der Waals surface area (Å²) in [6.45, 7) is 10.5. The lowest BCUT2D eigenvalue weighted by molar-refractivity contribution is 0.0709. The molecule has 4 heteroatoms. The third kappa shape index (κ3) is 3.97. The Hall–Kier alpha value is -1.55. The van der Waals surface area contributed by atoms with Crippen molar-refractivity contribution in [2.24, 2.45) is 0 Å². The lowest BCUT2D eigenvalue weighted by Crippen LogP contribution is -2.51. The number of carbonyl (C=O) groups is 1. The molecule has 4 nitrogen and oxygen atoms in total. The molecule has 1 aliphatic heterocycles. The van der Waals surface area contributed by atoms with Crippen molar-refractivity contribution in [2.75, 3.05) is 19.6 Å². The van der Waals surface area contributed by atoms with E-state index in [-0.39, 0.29) is 11.5 Å². The van der Waals surface area contributed by atoms with Crippen molar-refractivity contribution in [3.05, 3.63) is 29.8 Å². The molecule has 2 rings (SSSR count). The largest absolute Gasteiger partial charge is 0.488 e. The molecule has 0 aromatic heterocycles. The summed E-state index contributed by atoms with van der Waals surface area (Å²) < 4.78 is 5.76. The molecule has 1 fully saturated rings. The van der Waals surface area contributed by atoms with Gasteiger partial charge >= 0.3 is 0 Å². The van der Waals surface area contributed by atoms with Gasteiger partial charge in [0.05, 0.1) is 0 Å². The number of piperazine rings is 1. The molecule has 1 saturated heterocycles. The monoisotopic (exact) mass is 276 g/mol. The second kappa shape index (κ2) is 5.83. The van der Waals surface area contributed by atoms with Gasteiger partial charge in [-0.2, -0.15) is 0 Å². The SMILES string of the molecule is C[C@@H]1CN(C(=O)c2ccc(OC(C)(C)C)cc2)CCN1. The zero-order valence-corrected chi connectivity index (χ0v) is 12.8. The predicted octanol–water partition coefficient (Wildman–Crippen LogP) is 2.30. The van der Waals surface area contributed by atoms with Gasteiger partial charge in [-0.1, -0.05) is 0 Å². The minimum absolute atomic E-state index is 0.0978. The number of nitrogens with zero attached hydrogens (tertiary/aromatic N) is 1. The number of carbonyl (C=O) groups excluding carboxylic acids is 1. The number of benzene rings is 1. The summed E-state index contributed by atoms with van der Waals surface area (Å²) in [5, 5.41) is 3.34. The highest BCUT2D eigenvalue weighted by Crippen LogP contribution is 2.19. The van der Waals surface area contributed by atoms with Crippen LogP contribution in [-0.4, -0.2) is 42.1 Å². The Labute approximate surface area is 121 Å². The summed E-state index contributed by atoms with van der Waals surface area (Å²) in [5.41, 5.74) is 0.500. The van der Waals surface area contributed by atoms with Gasteiger partial charge in [-0.25, -0.2) is 0 Å². The second-order valence-electron chi connectivity index (χ2n) is 6.35. The van der Waals surface area contributed by atoms with E-state index < -0.39 is 0 Å². The quantitative estimate of drug-likeness (QED) is 0.901. The van der Waals surface area contributed by atoms with E-state index in [9.17, 15) is 4.79 Å². The number of amides is 1. The third-order valence-corrected chi connectivity index (χ3v) is 3.18. The van der Waals surface area contributed by atoms with Crippen LogP contribution in [0.4, 0.5) is 0 Å². The molecule has 1 N–H and O–H groups in total. The molecule has 1 aliphatic rings. The van der Waals surface area contributed by atoms with Crippen molar-refractivity contribution in [3.63, 3.8) is 0 Å². The fourth-order valence-electron chi connectivity index (χ4n) is 2.32. The smallest absolute Gasteiger partial charge is 0.253 e. The Morgan fingerprint density at radius 2 is 1.95 bits per heavy atom. The van der Waals surface area contributed by atoms with Crippen molar-refractivity contribution in [1.82, 2.24) is 10.2 Å². The molecule has 1 amide bonds. The van der Waals surface area contributed by atoms with Crippen molar-refractivity contribution in [2.45, 2.75) is 39.3 Å². The lowest BCUT2D eigenvalue weighted by Gasteiger charge is -2.32. The molecule has 1 aromatic carbocycles. The Balaban J connectivity index is 2.04. The average Bonchev–Trinajstić information content (AvgIpc) is 2.37. The summed E-state index contributed by atoms with van der Waals surface area (Å²) in [7, 11) is 0. The van der Waals surface area contributed by atoms with Crippen LogP contribution in [0, 0.1) is 0 Å². The maximum absolute atomic E-state index is 12.4. The molecule has 0 spiro atoms. The van der Waals surface area contributed by atoms with E-state index in [1.807, 2.05) is 49.9 Å². The Morgan fingerprint density at radius 3 is 2.50 bits per heavy atom. The summed E-state index contributed by atoms with van der Waals surface area (Å²) in [6, 6.07) is 7.77. The first-order valence-electron chi connectivity index (χ1n) is 7.17. The second-order valence-corrected chi connectivity index (χ2v) is 6.35. The van der Waals surface area contributed by atoms with Crippen LogP contribution < -0.4 is 10.1 Å². The van der Waals surface area contributed by atoms with Crippen molar-refractivity contribution < 1.29 is 9.53 Å². The van der Waals surface area contributed by atoms with E-state index in [4.69, 9.17) is 4.74 Å². The van der Waals surface area contributed by atoms with Crippen LogP contribution in [-0.2, 0) is 0 Å². The van der Waals surface area contributed by atoms with Crippen LogP contribution in [0.3, 0.4) is 0 Å². The Morgan fingerprint density at radius 1 is 1.30 bits per heavy atom.